The molecule has 0 bridgehead atoms. The number of unbranched alkanes of at least 4 members (excludes halogenated alkanes) is 2. The molecule has 0 heterocycles. The molecule has 0 aliphatic heterocycles. The first-order chi connectivity index (χ1) is 15.5. The monoisotopic (exact) mass is 435 g/mol. The van der Waals surface area contributed by atoms with Gasteiger partial charge < -0.3 is 0 Å². The molecule has 0 amide bonds. The molecule has 3 aromatic carbocycles. The predicted octanol–water partition coefficient (Wildman–Crippen LogP) is 8.65. The number of fused-ring (bicyclic) bond motifs is 1. The van der Waals surface area contributed by atoms with Crippen molar-refractivity contribution in [2.75, 3.05) is 0 Å². The Labute approximate surface area is 187 Å². The smallest absolute Gasteiger partial charge is 0.148 e. The first kappa shape index (κ1) is 22.4. The van der Waals surface area contributed by atoms with Crippen molar-refractivity contribution in [1.29, 1.82) is 5.26 Å². The summed E-state index contributed by atoms with van der Waals surface area (Å²) in [6.07, 6.45) is 9.25. The van der Waals surface area contributed by atoms with Crippen LogP contribution in [0.5, 0.6) is 0 Å². The van der Waals surface area contributed by atoms with Gasteiger partial charge >= 0.3 is 0 Å². The van der Waals surface area contributed by atoms with E-state index in [4.69, 9.17) is 5.26 Å². The normalized spacial score (nSPS) is 18.6. The molecule has 1 aliphatic carbocycles. The molecule has 32 heavy (non-hydrogen) atoms. The molecule has 4 heteroatoms. The summed E-state index contributed by atoms with van der Waals surface area (Å²) in [6, 6.07) is 12.3. The zero-order valence-electron chi connectivity index (χ0n) is 18.4. The summed E-state index contributed by atoms with van der Waals surface area (Å²) in [7, 11) is 0. The molecule has 3 aromatic rings. The molecule has 0 radical (unpaired) electrons. The molecule has 1 aliphatic rings. The summed E-state index contributed by atoms with van der Waals surface area (Å²) in [4.78, 5) is 0. The van der Waals surface area contributed by atoms with Crippen molar-refractivity contribution in [3.8, 4) is 17.2 Å². The maximum absolute atomic E-state index is 15.1. The van der Waals surface area contributed by atoms with E-state index in [0.717, 1.165) is 37.2 Å². The van der Waals surface area contributed by atoms with E-state index in [2.05, 4.69) is 6.92 Å². The Balaban J connectivity index is 1.55. The number of halogens is 3. The number of nitrogens with zero attached hydrogens (tertiary/aromatic N) is 1. The van der Waals surface area contributed by atoms with Gasteiger partial charge in [0.15, 0.2) is 0 Å². The number of benzene rings is 3. The van der Waals surface area contributed by atoms with Gasteiger partial charge in [-0.25, -0.2) is 13.2 Å². The summed E-state index contributed by atoms with van der Waals surface area (Å²) < 4.78 is 44.5. The van der Waals surface area contributed by atoms with Gasteiger partial charge in [-0.3, -0.25) is 0 Å². The Morgan fingerprint density at radius 3 is 2.28 bits per heavy atom. The van der Waals surface area contributed by atoms with Gasteiger partial charge in [0.2, 0.25) is 0 Å². The first-order valence-electron chi connectivity index (χ1n) is 11.6. The molecule has 1 saturated carbocycles. The summed E-state index contributed by atoms with van der Waals surface area (Å²) in [6.45, 7) is 2.21. The van der Waals surface area contributed by atoms with E-state index in [1.54, 1.807) is 12.1 Å². The Kier molecular flexibility index (Phi) is 6.84. The number of hydrogen-bond acceptors (Lipinski definition) is 1. The standard InChI is InChI=1S/C28H28F3N/c1-2-3-4-5-18-6-8-19(9-7-18)23-15-25(29)27(26(30)16-23)21-12-13-24-20(14-21)10-11-22(17-32)28(24)31/h10-16,18-19H,2-9H2,1H3. The largest absolute Gasteiger partial charge is 0.206 e. The van der Waals surface area contributed by atoms with Crippen molar-refractivity contribution in [2.24, 2.45) is 5.92 Å². The lowest BCUT2D eigenvalue weighted by Crippen LogP contribution is -2.14. The van der Waals surface area contributed by atoms with Crippen LogP contribution in [0.4, 0.5) is 13.2 Å². The lowest BCUT2D eigenvalue weighted by Gasteiger charge is -2.29. The first-order valence-corrected chi connectivity index (χ1v) is 11.6. The molecule has 0 saturated heterocycles. The third-order valence-electron chi connectivity index (χ3n) is 6.96. The van der Waals surface area contributed by atoms with Crippen molar-refractivity contribution in [3.63, 3.8) is 0 Å². The second-order valence-electron chi connectivity index (χ2n) is 9.05. The zero-order valence-corrected chi connectivity index (χ0v) is 18.4. The van der Waals surface area contributed by atoms with Gasteiger partial charge in [0.1, 0.15) is 23.5 Å². The molecule has 0 spiro atoms. The quantitative estimate of drug-likeness (QED) is 0.355. The second kappa shape index (κ2) is 9.77. The van der Waals surface area contributed by atoms with E-state index in [9.17, 15) is 4.39 Å². The van der Waals surface area contributed by atoms with Crippen LogP contribution in [0.1, 0.15) is 75.3 Å². The van der Waals surface area contributed by atoms with Gasteiger partial charge in [-0.15, -0.1) is 0 Å². The molecule has 0 unspecified atom stereocenters. The molecule has 166 valence electrons. The van der Waals surface area contributed by atoms with E-state index in [1.807, 2.05) is 6.07 Å². The van der Waals surface area contributed by atoms with Crippen LogP contribution in [0.3, 0.4) is 0 Å². The number of hydrogen-bond donors (Lipinski definition) is 0. The SMILES string of the molecule is CCCCCC1CCC(c2cc(F)c(-c3ccc4c(F)c(C#N)ccc4c3)c(F)c2)CC1. The summed E-state index contributed by atoms with van der Waals surface area (Å²) >= 11 is 0. The fraction of sp³-hybridized carbons (Fsp3) is 0.393. The topological polar surface area (TPSA) is 23.8 Å². The van der Waals surface area contributed by atoms with Crippen LogP contribution in [0, 0.1) is 34.7 Å². The van der Waals surface area contributed by atoms with E-state index in [0.29, 0.717) is 10.9 Å². The fourth-order valence-corrected chi connectivity index (χ4v) is 5.11. The lowest BCUT2D eigenvalue weighted by molar-refractivity contribution is 0.302. The van der Waals surface area contributed by atoms with Gasteiger partial charge in [0, 0.05) is 5.39 Å². The van der Waals surface area contributed by atoms with Crippen LogP contribution in [0.15, 0.2) is 42.5 Å². The highest BCUT2D eigenvalue weighted by atomic mass is 19.1. The number of nitriles is 1. The molecule has 1 nitrogen and oxygen atoms in total. The van der Waals surface area contributed by atoms with E-state index in [-0.39, 0.29) is 22.4 Å². The Bertz CT molecular complexity index is 1130. The Morgan fingerprint density at radius 2 is 1.62 bits per heavy atom. The zero-order chi connectivity index (χ0) is 22.7. The third kappa shape index (κ3) is 4.53. The summed E-state index contributed by atoms with van der Waals surface area (Å²) in [5.74, 6) is -0.841. The van der Waals surface area contributed by atoms with E-state index in [1.165, 1.54) is 56.0 Å². The fourth-order valence-electron chi connectivity index (χ4n) is 5.11. The molecule has 4 rings (SSSR count). The predicted molar refractivity (Wildman–Crippen MR) is 123 cm³/mol. The van der Waals surface area contributed by atoms with E-state index >= 15 is 8.78 Å². The summed E-state index contributed by atoms with van der Waals surface area (Å²) in [5.41, 5.74) is 0.963. The highest BCUT2D eigenvalue weighted by Gasteiger charge is 2.24. The molecular formula is C28H28F3N. The molecule has 0 aromatic heterocycles. The average Bonchev–Trinajstić information content (AvgIpc) is 2.79. The van der Waals surface area contributed by atoms with Crippen LogP contribution >= 0.6 is 0 Å². The van der Waals surface area contributed by atoms with Crippen LogP contribution in [0.2, 0.25) is 0 Å². The second-order valence-corrected chi connectivity index (χ2v) is 9.05. The minimum Gasteiger partial charge on any atom is -0.206 e. The lowest BCUT2D eigenvalue weighted by atomic mass is 9.76. The van der Waals surface area contributed by atoms with Crippen molar-refractivity contribution in [3.05, 3.63) is 71.0 Å². The molecule has 1 fully saturated rings. The highest BCUT2D eigenvalue weighted by molar-refractivity contribution is 5.89. The van der Waals surface area contributed by atoms with Crippen molar-refractivity contribution in [2.45, 2.75) is 64.2 Å². The Morgan fingerprint density at radius 1 is 0.906 bits per heavy atom. The minimum absolute atomic E-state index is 0.0490. The van der Waals surface area contributed by atoms with Gasteiger partial charge in [0.25, 0.3) is 0 Å². The maximum Gasteiger partial charge on any atom is 0.148 e. The highest BCUT2D eigenvalue weighted by Crippen LogP contribution is 2.40. The van der Waals surface area contributed by atoms with E-state index < -0.39 is 17.5 Å². The van der Waals surface area contributed by atoms with Gasteiger partial charge in [-0.05, 0) is 78.3 Å². The van der Waals surface area contributed by atoms with Crippen LogP contribution in [-0.4, -0.2) is 0 Å². The molecular weight excluding hydrogens is 407 g/mol. The van der Waals surface area contributed by atoms with Gasteiger partial charge in [-0.2, -0.15) is 5.26 Å². The average molecular weight is 436 g/mol. The van der Waals surface area contributed by atoms with Gasteiger partial charge in [0.05, 0.1) is 11.1 Å². The van der Waals surface area contributed by atoms with Crippen LogP contribution < -0.4 is 0 Å². The van der Waals surface area contributed by atoms with Crippen LogP contribution in [0.25, 0.3) is 21.9 Å². The Hall–Kier alpha value is -2.80. The maximum atomic E-state index is 15.1. The van der Waals surface area contributed by atoms with Crippen molar-refractivity contribution in [1.82, 2.24) is 0 Å². The minimum atomic E-state index is -0.613. The molecule has 0 N–H and O–H groups in total. The summed E-state index contributed by atoms with van der Waals surface area (Å²) in [5, 5.41) is 9.76. The molecule has 0 atom stereocenters. The third-order valence-corrected chi connectivity index (χ3v) is 6.96. The van der Waals surface area contributed by atoms with Crippen molar-refractivity contribution < 1.29 is 13.2 Å². The van der Waals surface area contributed by atoms with Crippen molar-refractivity contribution >= 4 is 10.8 Å². The van der Waals surface area contributed by atoms with Crippen LogP contribution in [-0.2, 0) is 0 Å². The van der Waals surface area contributed by atoms with Gasteiger partial charge in [-0.1, -0.05) is 50.8 Å². The number of rotatable bonds is 6.